The van der Waals surface area contributed by atoms with Crippen LogP contribution in [0.2, 0.25) is 0 Å². The quantitative estimate of drug-likeness (QED) is 0.733. The molecule has 3 rings (SSSR count). The van der Waals surface area contributed by atoms with Gasteiger partial charge in [-0.2, -0.15) is 0 Å². The molecule has 5 heteroatoms. The van der Waals surface area contributed by atoms with E-state index in [1.807, 2.05) is 19.9 Å². The molecule has 1 aliphatic heterocycles. The van der Waals surface area contributed by atoms with Crippen LogP contribution in [-0.2, 0) is 9.53 Å². The molecular weight excluding hydrogens is 320 g/mol. The van der Waals surface area contributed by atoms with Crippen molar-refractivity contribution in [3.63, 3.8) is 0 Å². The Morgan fingerprint density at radius 1 is 1.20 bits per heavy atom. The molecule has 1 aliphatic carbocycles. The van der Waals surface area contributed by atoms with Crippen molar-refractivity contribution < 1.29 is 24.9 Å². The number of carbonyl (C=O) groups excluding carboxylic acids is 1. The van der Waals surface area contributed by atoms with Gasteiger partial charge in [0.2, 0.25) is 0 Å². The van der Waals surface area contributed by atoms with E-state index >= 15 is 0 Å². The topological polar surface area (TPSA) is 87.0 Å². The van der Waals surface area contributed by atoms with Crippen LogP contribution >= 0.6 is 0 Å². The van der Waals surface area contributed by atoms with Crippen LogP contribution in [0.15, 0.2) is 42.2 Å². The van der Waals surface area contributed by atoms with Crippen LogP contribution in [0.25, 0.3) is 5.57 Å². The van der Waals surface area contributed by atoms with Gasteiger partial charge in [0.15, 0.2) is 5.78 Å². The Labute approximate surface area is 147 Å². The summed E-state index contributed by atoms with van der Waals surface area (Å²) < 4.78 is 5.84. The molecule has 1 heterocycles. The molecule has 5 unspecified atom stereocenters. The smallest absolute Gasteiger partial charge is 0.175 e. The normalized spacial score (nSPS) is 31.6. The molecule has 1 aromatic rings. The molecule has 1 fully saturated rings. The molecule has 1 aromatic carbocycles. The first-order valence-corrected chi connectivity index (χ1v) is 8.57. The Bertz CT molecular complexity index is 699. The van der Waals surface area contributed by atoms with Gasteiger partial charge in [0, 0.05) is 12.3 Å². The van der Waals surface area contributed by atoms with Gasteiger partial charge in [-0.05, 0) is 38.0 Å². The van der Waals surface area contributed by atoms with Gasteiger partial charge in [-0.3, -0.25) is 4.79 Å². The number of hydrogen-bond acceptors (Lipinski definition) is 5. The molecule has 134 valence electrons. The Morgan fingerprint density at radius 3 is 2.52 bits per heavy atom. The zero-order chi connectivity index (χ0) is 18.1. The molecule has 1 saturated carbocycles. The summed E-state index contributed by atoms with van der Waals surface area (Å²) in [4.78, 5) is 13.0. The molecule has 3 N–H and O–H groups in total. The summed E-state index contributed by atoms with van der Waals surface area (Å²) in [6, 6.07) is 6.31. The number of hydrogen-bond donors (Lipinski definition) is 3. The highest BCUT2D eigenvalue weighted by atomic mass is 16.5. The first-order chi connectivity index (χ1) is 11.9. The largest absolute Gasteiger partial charge is 0.508 e. The molecule has 0 radical (unpaired) electrons. The van der Waals surface area contributed by atoms with E-state index in [9.17, 15) is 20.1 Å². The van der Waals surface area contributed by atoms with Crippen LogP contribution < -0.4 is 0 Å². The number of carbonyl (C=O) groups is 1. The number of aliphatic hydroxyl groups excluding tert-OH is 2. The fraction of sp³-hybridized carbons (Fsp3) is 0.450. The molecule has 0 bridgehead atoms. The van der Waals surface area contributed by atoms with E-state index in [0.717, 1.165) is 5.57 Å². The number of phenols is 1. The van der Waals surface area contributed by atoms with Crippen LogP contribution in [0.1, 0.15) is 32.3 Å². The van der Waals surface area contributed by atoms with E-state index in [1.165, 1.54) is 18.4 Å². The van der Waals surface area contributed by atoms with Crippen molar-refractivity contribution in [1.29, 1.82) is 0 Å². The fourth-order valence-electron chi connectivity index (χ4n) is 3.68. The summed E-state index contributed by atoms with van der Waals surface area (Å²) in [5, 5.41) is 30.2. The number of benzene rings is 1. The van der Waals surface area contributed by atoms with Crippen LogP contribution in [0.3, 0.4) is 0 Å². The van der Waals surface area contributed by atoms with E-state index in [1.54, 1.807) is 12.1 Å². The Kier molecular flexibility index (Phi) is 4.97. The predicted molar refractivity (Wildman–Crippen MR) is 93.6 cm³/mol. The summed E-state index contributed by atoms with van der Waals surface area (Å²) in [7, 11) is 0. The van der Waals surface area contributed by atoms with E-state index in [-0.39, 0.29) is 23.9 Å². The molecule has 0 aromatic heterocycles. The maximum absolute atomic E-state index is 13.0. The third-order valence-electron chi connectivity index (χ3n) is 5.06. The molecule has 2 aliphatic rings. The van der Waals surface area contributed by atoms with E-state index in [2.05, 4.69) is 0 Å². The lowest BCUT2D eigenvalue weighted by atomic mass is 9.69. The molecule has 5 nitrogen and oxygen atoms in total. The minimum Gasteiger partial charge on any atom is -0.508 e. The zero-order valence-electron chi connectivity index (χ0n) is 14.4. The highest BCUT2D eigenvalue weighted by Crippen LogP contribution is 2.41. The molecule has 25 heavy (non-hydrogen) atoms. The number of allylic oxidation sites excluding steroid dienone is 3. The lowest BCUT2D eigenvalue weighted by molar-refractivity contribution is -0.148. The SMILES string of the molecule is CC(C)=CCC1C(O)CC(O)C2C(=O)C(c3ccc(O)cc3)=COC12. The number of aliphatic hydroxyl groups is 2. The number of phenolic OH excluding ortho intramolecular Hbond substituents is 1. The van der Waals surface area contributed by atoms with Crippen molar-refractivity contribution in [2.45, 2.75) is 45.0 Å². The van der Waals surface area contributed by atoms with Crippen molar-refractivity contribution in [2.75, 3.05) is 0 Å². The number of ether oxygens (including phenoxy) is 1. The summed E-state index contributed by atoms with van der Waals surface area (Å²) in [6.45, 7) is 3.97. The van der Waals surface area contributed by atoms with Gasteiger partial charge in [0.1, 0.15) is 11.9 Å². The number of ketones is 1. The average molecular weight is 344 g/mol. The molecular formula is C20H24O5. The van der Waals surface area contributed by atoms with Crippen molar-refractivity contribution in [2.24, 2.45) is 11.8 Å². The third-order valence-corrected chi connectivity index (χ3v) is 5.06. The van der Waals surface area contributed by atoms with E-state index < -0.39 is 24.2 Å². The molecule has 5 atom stereocenters. The lowest BCUT2D eigenvalue weighted by Gasteiger charge is -2.44. The molecule has 0 amide bonds. The zero-order valence-corrected chi connectivity index (χ0v) is 14.4. The minimum absolute atomic E-state index is 0.119. The predicted octanol–water partition coefficient (Wildman–Crippen LogP) is 2.42. The first kappa shape index (κ1) is 17.7. The number of aromatic hydroxyl groups is 1. The number of rotatable bonds is 3. The fourth-order valence-corrected chi connectivity index (χ4v) is 3.68. The van der Waals surface area contributed by atoms with E-state index in [0.29, 0.717) is 17.6 Å². The first-order valence-electron chi connectivity index (χ1n) is 8.57. The van der Waals surface area contributed by atoms with Crippen molar-refractivity contribution in [1.82, 2.24) is 0 Å². The maximum Gasteiger partial charge on any atom is 0.175 e. The van der Waals surface area contributed by atoms with Gasteiger partial charge in [0.25, 0.3) is 0 Å². The summed E-state index contributed by atoms with van der Waals surface area (Å²) in [6.07, 6.45) is 2.04. The van der Waals surface area contributed by atoms with Crippen molar-refractivity contribution in [3.05, 3.63) is 47.7 Å². The summed E-state index contributed by atoms with van der Waals surface area (Å²) in [5.74, 6) is -0.977. The second kappa shape index (κ2) is 7.02. The highest BCUT2D eigenvalue weighted by molar-refractivity contribution is 6.22. The van der Waals surface area contributed by atoms with Crippen LogP contribution in [0, 0.1) is 11.8 Å². The van der Waals surface area contributed by atoms with Gasteiger partial charge < -0.3 is 20.1 Å². The van der Waals surface area contributed by atoms with Crippen LogP contribution in [-0.4, -0.2) is 39.4 Å². The van der Waals surface area contributed by atoms with E-state index in [4.69, 9.17) is 4.74 Å². The monoisotopic (exact) mass is 344 g/mol. The third kappa shape index (κ3) is 3.48. The molecule has 0 saturated heterocycles. The van der Waals surface area contributed by atoms with Gasteiger partial charge in [-0.15, -0.1) is 0 Å². The number of Topliss-reactive ketones (excluding diaryl/α,β-unsaturated/α-hetero) is 1. The minimum atomic E-state index is -0.934. The molecule has 0 spiro atoms. The standard InChI is InChI=1S/C20H24O5/c1-11(2)3-8-14-16(22)9-17(23)18-19(24)15(10-25-20(14)18)12-4-6-13(21)7-5-12/h3-7,10,14,16-18,20-23H,8-9H2,1-2H3. The maximum atomic E-state index is 13.0. The Hall–Kier alpha value is -2.11. The Balaban J connectivity index is 1.91. The lowest BCUT2D eigenvalue weighted by Crippen LogP contribution is -2.54. The van der Waals surface area contributed by atoms with Gasteiger partial charge in [0.05, 0.1) is 30.0 Å². The van der Waals surface area contributed by atoms with Crippen LogP contribution in [0.5, 0.6) is 5.75 Å². The van der Waals surface area contributed by atoms with Crippen molar-refractivity contribution >= 4 is 11.4 Å². The van der Waals surface area contributed by atoms with Crippen LogP contribution in [0.4, 0.5) is 0 Å². The summed E-state index contributed by atoms with van der Waals surface area (Å²) >= 11 is 0. The summed E-state index contributed by atoms with van der Waals surface area (Å²) in [5.41, 5.74) is 2.16. The van der Waals surface area contributed by atoms with Gasteiger partial charge in [-0.25, -0.2) is 0 Å². The van der Waals surface area contributed by atoms with Gasteiger partial charge >= 0.3 is 0 Å². The Morgan fingerprint density at radius 2 is 1.88 bits per heavy atom. The average Bonchev–Trinajstić information content (AvgIpc) is 2.55. The van der Waals surface area contributed by atoms with Crippen molar-refractivity contribution in [3.8, 4) is 5.75 Å². The highest BCUT2D eigenvalue weighted by Gasteiger charge is 2.50. The second-order valence-electron chi connectivity index (χ2n) is 7.12. The van der Waals surface area contributed by atoms with Gasteiger partial charge in [-0.1, -0.05) is 23.8 Å². The number of fused-ring (bicyclic) bond motifs is 1. The second-order valence-corrected chi connectivity index (χ2v) is 7.12.